The summed E-state index contributed by atoms with van der Waals surface area (Å²) in [5.74, 6) is 0.0559. The summed E-state index contributed by atoms with van der Waals surface area (Å²) in [6.07, 6.45) is 3.54. The third kappa shape index (κ3) is 4.21. The predicted molar refractivity (Wildman–Crippen MR) is 153 cm³/mol. The molecule has 3 aromatic heterocycles. The molecule has 0 amide bonds. The van der Waals surface area contributed by atoms with Crippen molar-refractivity contribution in [1.82, 2.24) is 14.4 Å². The van der Waals surface area contributed by atoms with Crippen molar-refractivity contribution in [3.05, 3.63) is 71.2 Å². The fourth-order valence-corrected chi connectivity index (χ4v) is 5.68. The second-order valence-corrected chi connectivity index (χ2v) is 11.6. The molecular weight excluding hydrogens is 490 g/mol. The highest BCUT2D eigenvalue weighted by Gasteiger charge is 2.33. The Morgan fingerprint density at radius 1 is 1.15 bits per heavy atom. The number of imidazole rings is 1. The number of aryl methyl sites for hydroxylation is 1. The van der Waals surface area contributed by atoms with Crippen LogP contribution in [0.5, 0.6) is 5.75 Å². The molecular formula is C32H33N3O4. The number of nitrogens with zero attached hydrogens (tertiary/aromatic N) is 3. The highest BCUT2D eigenvalue weighted by Crippen LogP contribution is 2.45. The molecule has 6 rings (SSSR count). The number of aromatic nitrogens is 3. The van der Waals surface area contributed by atoms with Crippen LogP contribution >= 0.6 is 0 Å². The number of hydrogen-bond donors (Lipinski definition) is 1. The van der Waals surface area contributed by atoms with E-state index in [1.54, 1.807) is 0 Å². The van der Waals surface area contributed by atoms with Crippen LogP contribution in [-0.2, 0) is 16.0 Å². The number of ether oxygens (including phenoxy) is 2. The highest BCUT2D eigenvalue weighted by atomic mass is 16.5. The van der Waals surface area contributed by atoms with E-state index in [1.807, 2.05) is 64.2 Å². The molecule has 1 atom stereocenters. The summed E-state index contributed by atoms with van der Waals surface area (Å²) < 4.78 is 14.3. The van der Waals surface area contributed by atoms with Crippen LogP contribution < -0.4 is 4.74 Å². The molecule has 0 unspecified atom stereocenters. The van der Waals surface area contributed by atoms with E-state index < -0.39 is 17.7 Å². The number of fused-ring (bicyclic) bond motifs is 3. The molecule has 0 fully saturated rings. The fraction of sp³-hybridized carbons (Fsp3) is 0.344. The van der Waals surface area contributed by atoms with E-state index >= 15 is 0 Å². The lowest BCUT2D eigenvalue weighted by Crippen LogP contribution is -2.28. The minimum atomic E-state index is -1.17. The van der Waals surface area contributed by atoms with Gasteiger partial charge in [-0.3, -0.25) is 9.38 Å². The van der Waals surface area contributed by atoms with Crippen molar-refractivity contribution < 1.29 is 19.4 Å². The molecule has 1 N–H and O–H groups in total. The molecule has 0 bridgehead atoms. The standard InChI is InChI=1S/C32H33N3O4/c1-17(2)22-16-35-23-15-18(3)26(30(31(36)37)39-32(4,5)6)28(20(23)8-10-25(35)34-22)21-7-9-24-27-19(12-14-38-24)11-13-33-29(21)27/h7-11,13,15-17,30H,12,14H2,1-6H3,(H,36,37)/t30-/m0/s1. The highest BCUT2D eigenvalue weighted by molar-refractivity contribution is 6.08. The van der Waals surface area contributed by atoms with Gasteiger partial charge < -0.3 is 14.6 Å². The van der Waals surface area contributed by atoms with Gasteiger partial charge in [-0.15, -0.1) is 0 Å². The Balaban J connectivity index is 1.76. The van der Waals surface area contributed by atoms with Crippen LogP contribution in [0.3, 0.4) is 0 Å². The van der Waals surface area contributed by atoms with Crippen LogP contribution in [-0.4, -0.2) is 37.7 Å². The largest absolute Gasteiger partial charge is 0.493 e. The van der Waals surface area contributed by atoms with Crippen LogP contribution in [0.1, 0.15) is 69.0 Å². The normalized spacial score (nSPS) is 14.3. The van der Waals surface area contributed by atoms with Crippen LogP contribution in [0.4, 0.5) is 0 Å². The number of hydrogen-bond acceptors (Lipinski definition) is 5. The van der Waals surface area contributed by atoms with Crippen molar-refractivity contribution in [2.24, 2.45) is 0 Å². The molecule has 0 saturated carbocycles. The van der Waals surface area contributed by atoms with E-state index in [1.165, 1.54) is 5.56 Å². The van der Waals surface area contributed by atoms with Crippen molar-refractivity contribution in [2.75, 3.05) is 6.61 Å². The van der Waals surface area contributed by atoms with Crippen molar-refractivity contribution in [3.8, 4) is 16.9 Å². The summed E-state index contributed by atoms with van der Waals surface area (Å²) in [5.41, 5.74) is 7.26. The first kappa shape index (κ1) is 25.3. The maximum Gasteiger partial charge on any atom is 0.337 e. The topological polar surface area (TPSA) is 86.0 Å². The SMILES string of the molecule is Cc1cc2c(ccc3nc(C(C)C)cn32)c(-c2ccc3c4c(ccnc24)CCO3)c1[C@H](OC(C)(C)C)C(=O)O. The van der Waals surface area contributed by atoms with E-state index in [4.69, 9.17) is 19.4 Å². The molecule has 0 saturated heterocycles. The van der Waals surface area contributed by atoms with Crippen molar-refractivity contribution in [2.45, 2.75) is 65.6 Å². The molecule has 0 spiro atoms. The summed E-state index contributed by atoms with van der Waals surface area (Å²) in [6, 6.07) is 12.1. The van der Waals surface area contributed by atoms with Crippen molar-refractivity contribution >= 4 is 33.4 Å². The molecule has 7 nitrogen and oxygen atoms in total. The Kier molecular flexibility index (Phi) is 5.88. The molecule has 7 heteroatoms. The smallest absolute Gasteiger partial charge is 0.337 e. The lowest BCUT2D eigenvalue weighted by Gasteiger charge is -2.29. The zero-order chi connectivity index (χ0) is 27.6. The Morgan fingerprint density at radius 2 is 1.95 bits per heavy atom. The number of benzene rings is 2. The maximum atomic E-state index is 12.8. The summed E-state index contributed by atoms with van der Waals surface area (Å²) in [7, 11) is 0. The first-order valence-corrected chi connectivity index (χ1v) is 13.4. The van der Waals surface area contributed by atoms with Crippen molar-refractivity contribution in [3.63, 3.8) is 0 Å². The Bertz CT molecular complexity index is 1770. The van der Waals surface area contributed by atoms with E-state index in [2.05, 4.69) is 30.5 Å². The Labute approximate surface area is 227 Å². The molecule has 2 aromatic carbocycles. The second-order valence-electron chi connectivity index (χ2n) is 11.6. The molecule has 4 heterocycles. The van der Waals surface area contributed by atoms with Gasteiger partial charge in [0.15, 0.2) is 6.10 Å². The van der Waals surface area contributed by atoms with Gasteiger partial charge in [0.2, 0.25) is 0 Å². The number of aliphatic carboxylic acids is 1. The van der Waals surface area contributed by atoms with E-state index in [-0.39, 0.29) is 5.92 Å². The van der Waals surface area contributed by atoms with Gasteiger partial charge in [-0.05, 0) is 86.7 Å². The minimum Gasteiger partial charge on any atom is -0.493 e. The first-order valence-electron chi connectivity index (χ1n) is 13.4. The average Bonchev–Trinajstić information content (AvgIpc) is 3.33. The molecule has 1 aliphatic heterocycles. The lowest BCUT2D eigenvalue weighted by atomic mass is 9.86. The monoisotopic (exact) mass is 523 g/mol. The fourth-order valence-electron chi connectivity index (χ4n) is 5.68. The van der Waals surface area contributed by atoms with Crippen LogP contribution in [0.2, 0.25) is 0 Å². The third-order valence-corrected chi connectivity index (χ3v) is 7.39. The summed E-state index contributed by atoms with van der Waals surface area (Å²) >= 11 is 0. The molecule has 0 radical (unpaired) electrons. The van der Waals surface area contributed by atoms with Gasteiger partial charge in [0.25, 0.3) is 0 Å². The van der Waals surface area contributed by atoms with Crippen LogP contribution in [0.15, 0.2) is 48.8 Å². The molecule has 39 heavy (non-hydrogen) atoms. The zero-order valence-corrected chi connectivity index (χ0v) is 23.2. The number of carboxylic acid groups (broad SMARTS) is 1. The lowest BCUT2D eigenvalue weighted by molar-refractivity contribution is -0.160. The van der Waals surface area contributed by atoms with Gasteiger partial charge >= 0.3 is 5.97 Å². The predicted octanol–water partition coefficient (Wildman–Crippen LogP) is 7.01. The van der Waals surface area contributed by atoms with Crippen LogP contribution in [0.25, 0.3) is 38.6 Å². The Hall–Kier alpha value is -3.97. The van der Waals surface area contributed by atoms with Crippen LogP contribution in [0, 0.1) is 6.92 Å². The average molecular weight is 524 g/mol. The summed E-state index contributed by atoms with van der Waals surface area (Å²) in [6.45, 7) is 12.5. The summed E-state index contributed by atoms with van der Waals surface area (Å²) in [4.78, 5) is 22.4. The third-order valence-electron chi connectivity index (χ3n) is 7.39. The molecule has 1 aliphatic rings. The maximum absolute atomic E-state index is 12.8. The number of carboxylic acids is 1. The van der Waals surface area contributed by atoms with E-state index in [0.717, 1.165) is 62.0 Å². The number of rotatable bonds is 5. The van der Waals surface area contributed by atoms with E-state index in [0.29, 0.717) is 12.2 Å². The minimum absolute atomic E-state index is 0.279. The van der Waals surface area contributed by atoms with Gasteiger partial charge in [0.05, 0.1) is 28.9 Å². The molecule has 0 aliphatic carbocycles. The van der Waals surface area contributed by atoms with Gasteiger partial charge in [-0.25, -0.2) is 9.78 Å². The van der Waals surface area contributed by atoms with Gasteiger partial charge in [-0.2, -0.15) is 0 Å². The van der Waals surface area contributed by atoms with Crippen molar-refractivity contribution in [1.29, 1.82) is 0 Å². The molecule has 5 aromatic rings. The number of pyridine rings is 2. The van der Waals surface area contributed by atoms with Gasteiger partial charge in [-0.1, -0.05) is 13.8 Å². The van der Waals surface area contributed by atoms with E-state index in [9.17, 15) is 9.90 Å². The second kappa shape index (κ2) is 9.06. The zero-order valence-electron chi connectivity index (χ0n) is 23.2. The summed E-state index contributed by atoms with van der Waals surface area (Å²) in [5, 5.41) is 12.4. The Morgan fingerprint density at radius 3 is 2.67 bits per heavy atom. The number of carbonyl (C=O) groups is 1. The molecule has 200 valence electrons. The quantitative estimate of drug-likeness (QED) is 0.267. The van der Waals surface area contributed by atoms with Gasteiger partial charge in [0.1, 0.15) is 11.4 Å². The first-order chi connectivity index (χ1) is 18.5. The van der Waals surface area contributed by atoms with Gasteiger partial charge in [0, 0.05) is 40.7 Å².